The third-order valence-corrected chi connectivity index (χ3v) is 6.18. The van der Waals surface area contributed by atoms with Crippen LogP contribution in [0.3, 0.4) is 0 Å². The lowest BCUT2D eigenvalue weighted by atomic mass is 10.1. The zero-order valence-electron chi connectivity index (χ0n) is 19.1. The van der Waals surface area contributed by atoms with E-state index in [4.69, 9.17) is 9.47 Å². The normalized spacial score (nSPS) is 16.3. The molecule has 3 aromatic rings. The van der Waals surface area contributed by atoms with E-state index in [1.807, 2.05) is 31.2 Å². The summed E-state index contributed by atoms with van der Waals surface area (Å²) in [6.07, 6.45) is 5.79. The van der Waals surface area contributed by atoms with Gasteiger partial charge in [0.1, 0.15) is 29.6 Å². The Balaban J connectivity index is 1.21. The first-order valence-electron chi connectivity index (χ1n) is 11.6. The van der Waals surface area contributed by atoms with Crippen molar-refractivity contribution in [3.05, 3.63) is 47.9 Å². The zero-order valence-corrected chi connectivity index (χ0v) is 19.1. The van der Waals surface area contributed by atoms with Crippen LogP contribution in [0.2, 0.25) is 0 Å². The molecule has 10 nitrogen and oxygen atoms in total. The maximum atomic E-state index is 13.2. The number of aromatic nitrogens is 3. The summed E-state index contributed by atoms with van der Waals surface area (Å²) < 4.78 is 11.3. The van der Waals surface area contributed by atoms with E-state index in [2.05, 4.69) is 20.3 Å². The van der Waals surface area contributed by atoms with Gasteiger partial charge < -0.3 is 29.6 Å². The number of ether oxygens (including phenoxy) is 2. The number of nitrogens with one attached hydrogen (secondary N) is 2. The van der Waals surface area contributed by atoms with Crippen molar-refractivity contribution in [2.24, 2.45) is 0 Å². The van der Waals surface area contributed by atoms with Crippen molar-refractivity contribution in [2.45, 2.75) is 32.3 Å². The number of aryl methyl sites for hydroxylation is 1. The summed E-state index contributed by atoms with van der Waals surface area (Å²) in [4.78, 5) is 40.4. The van der Waals surface area contributed by atoms with E-state index >= 15 is 0 Å². The Bertz CT molecular complexity index is 1180. The van der Waals surface area contributed by atoms with Crippen molar-refractivity contribution in [3.8, 4) is 5.75 Å². The molecule has 2 N–H and O–H groups in total. The van der Waals surface area contributed by atoms with Gasteiger partial charge in [0.05, 0.1) is 24.0 Å². The van der Waals surface area contributed by atoms with E-state index in [1.54, 1.807) is 16.0 Å². The number of benzene rings is 1. The molecule has 4 heterocycles. The molecule has 2 saturated heterocycles. The number of likely N-dealkylation sites (tertiary alicyclic amines) is 2. The maximum Gasteiger partial charge on any atom is 0.411 e. The quantitative estimate of drug-likeness (QED) is 0.539. The SMILES string of the molecule is Cc1cccc(OC2CN(C(=O)c3c[nH]c4ncnc(NCOC(=O)N5CCCCC5)c34)C2)c1. The van der Waals surface area contributed by atoms with E-state index in [1.165, 1.54) is 6.33 Å². The fraction of sp³-hybridized carbons (Fsp3) is 0.417. The van der Waals surface area contributed by atoms with Gasteiger partial charge in [-0.15, -0.1) is 0 Å². The number of hydrogen-bond acceptors (Lipinski definition) is 7. The van der Waals surface area contributed by atoms with Crippen molar-refractivity contribution < 1.29 is 19.1 Å². The van der Waals surface area contributed by atoms with Crippen molar-refractivity contribution >= 4 is 28.9 Å². The summed E-state index contributed by atoms with van der Waals surface area (Å²) in [7, 11) is 0. The molecular weight excluding hydrogens is 436 g/mol. The van der Waals surface area contributed by atoms with Crippen molar-refractivity contribution in [2.75, 3.05) is 38.2 Å². The minimum absolute atomic E-state index is 0.0426. The molecule has 0 unspecified atom stereocenters. The fourth-order valence-electron chi connectivity index (χ4n) is 4.33. The smallest absolute Gasteiger partial charge is 0.411 e. The Kier molecular flexibility index (Phi) is 6.20. The lowest BCUT2D eigenvalue weighted by molar-refractivity contribution is 0.0179. The molecular formula is C24H28N6O4. The summed E-state index contributed by atoms with van der Waals surface area (Å²) in [5.74, 6) is 1.12. The summed E-state index contributed by atoms with van der Waals surface area (Å²) >= 11 is 0. The van der Waals surface area contributed by atoms with Gasteiger partial charge in [-0.2, -0.15) is 0 Å². The molecule has 5 rings (SSSR count). The van der Waals surface area contributed by atoms with Crippen LogP contribution in [-0.2, 0) is 4.74 Å². The Hall–Kier alpha value is -3.82. The van der Waals surface area contributed by atoms with Crippen LogP contribution in [0, 0.1) is 6.92 Å². The van der Waals surface area contributed by atoms with Gasteiger partial charge in [0.25, 0.3) is 5.91 Å². The standard InChI is InChI=1S/C24H28N6O4/c1-16-6-5-7-17(10-16)34-18-12-30(13-18)23(31)19-11-25-21-20(19)22(27-14-26-21)28-15-33-24(32)29-8-3-2-4-9-29/h5-7,10-11,14,18H,2-4,8-9,12-13,15H2,1H3,(H2,25,26,27,28). The number of anilines is 1. The number of hydrogen-bond donors (Lipinski definition) is 2. The van der Waals surface area contributed by atoms with E-state index in [0.717, 1.165) is 43.7 Å². The van der Waals surface area contributed by atoms with E-state index < -0.39 is 0 Å². The van der Waals surface area contributed by atoms with Crippen LogP contribution in [0.15, 0.2) is 36.8 Å². The predicted molar refractivity (Wildman–Crippen MR) is 126 cm³/mol. The lowest BCUT2D eigenvalue weighted by Gasteiger charge is -2.39. The molecule has 0 bridgehead atoms. The predicted octanol–water partition coefficient (Wildman–Crippen LogP) is 3.16. The minimum atomic E-state index is -0.344. The number of nitrogens with zero attached hydrogens (tertiary/aromatic N) is 4. The molecule has 178 valence electrons. The zero-order chi connectivity index (χ0) is 23.5. The van der Waals surface area contributed by atoms with Gasteiger partial charge in [-0.3, -0.25) is 4.79 Å². The van der Waals surface area contributed by atoms with Crippen LogP contribution < -0.4 is 10.1 Å². The van der Waals surface area contributed by atoms with Crippen molar-refractivity contribution in [3.63, 3.8) is 0 Å². The Morgan fingerprint density at radius 3 is 2.76 bits per heavy atom. The van der Waals surface area contributed by atoms with Gasteiger partial charge in [0.2, 0.25) is 0 Å². The third kappa shape index (κ3) is 4.61. The van der Waals surface area contributed by atoms with Gasteiger partial charge in [-0.05, 0) is 43.9 Å². The average molecular weight is 465 g/mol. The van der Waals surface area contributed by atoms with Gasteiger partial charge in [-0.1, -0.05) is 12.1 Å². The third-order valence-electron chi connectivity index (χ3n) is 6.18. The molecule has 1 aromatic carbocycles. The molecule has 2 amide bonds. The second kappa shape index (κ2) is 9.58. The highest BCUT2D eigenvalue weighted by Crippen LogP contribution is 2.27. The maximum absolute atomic E-state index is 13.2. The summed E-state index contributed by atoms with van der Waals surface area (Å²) in [6, 6.07) is 7.88. The first kappa shape index (κ1) is 22.0. The number of aromatic amines is 1. The topological polar surface area (TPSA) is 113 Å². The Labute approximate surface area is 197 Å². The first-order valence-corrected chi connectivity index (χ1v) is 11.6. The number of fused-ring (bicyclic) bond motifs is 1. The van der Waals surface area contributed by atoms with Gasteiger partial charge in [-0.25, -0.2) is 14.8 Å². The number of rotatable bonds is 6. The lowest BCUT2D eigenvalue weighted by Crippen LogP contribution is -2.56. The molecule has 0 atom stereocenters. The number of piperidine rings is 1. The monoisotopic (exact) mass is 464 g/mol. The van der Waals surface area contributed by atoms with Crippen LogP contribution in [0.25, 0.3) is 11.0 Å². The van der Waals surface area contributed by atoms with Gasteiger partial charge in [0, 0.05) is 19.3 Å². The molecule has 34 heavy (non-hydrogen) atoms. The highest BCUT2D eigenvalue weighted by molar-refractivity contribution is 6.09. The first-order chi connectivity index (χ1) is 16.6. The van der Waals surface area contributed by atoms with E-state index in [-0.39, 0.29) is 24.8 Å². The number of H-pyrrole nitrogens is 1. The molecule has 2 aliphatic rings. The average Bonchev–Trinajstić information content (AvgIpc) is 3.26. The van der Waals surface area contributed by atoms with Crippen LogP contribution in [-0.4, -0.2) is 75.8 Å². The highest BCUT2D eigenvalue weighted by atomic mass is 16.6. The summed E-state index contributed by atoms with van der Waals surface area (Å²) in [5, 5.41) is 3.60. The molecule has 2 fully saturated rings. The fourth-order valence-corrected chi connectivity index (χ4v) is 4.33. The molecule has 2 aliphatic heterocycles. The van der Waals surface area contributed by atoms with Crippen molar-refractivity contribution in [1.82, 2.24) is 24.8 Å². The molecule has 0 aliphatic carbocycles. The number of amides is 2. The Morgan fingerprint density at radius 2 is 1.97 bits per heavy atom. The largest absolute Gasteiger partial charge is 0.487 e. The van der Waals surface area contributed by atoms with Crippen LogP contribution in [0.5, 0.6) is 5.75 Å². The number of carbonyl (C=O) groups excluding carboxylic acids is 2. The second-order valence-electron chi connectivity index (χ2n) is 8.69. The van der Waals surface area contributed by atoms with E-state index in [9.17, 15) is 9.59 Å². The highest BCUT2D eigenvalue weighted by Gasteiger charge is 2.34. The molecule has 0 radical (unpaired) electrons. The minimum Gasteiger partial charge on any atom is -0.487 e. The summed E-state index contributed by atoms with van der Waals surface area (Å²) in [5.41, 5.74) is 2.14. The van der Waals surface area contributed by atoms with Crippen LogP contribution in [0.1, 0.15) is 35.2 Å². The molecule has 0 saturated carbocycles. The van der Waals surface area contributed by atoms with Crippen LogP contribution in [0.4, 0.5) is 10.6 Å². The van der Waals surface area contributed by atoms with Gasteiger partial charge >= 0.3 is 6.09 Å². The Morgan fingerprint density at radius 1 is 1.15 bits per heavy atom. The second-order valence-corrected chi connectivity index (χ2v) is 8.69. The van der Waals surface area contributed by atoms with Gasteiger partial charge in [0.15, 0.2) is 6.73 Å². The molecule has 0 spiro atoms. The molecule has 2 aromatic heterocycles. The van der Waals surface area contributed by atoms with Crippen molar-refractivity contribution in [1.29, 1.82) is 0 Å². The number of carbonyl (C=O) groups is 2. The molecule has 10 heteroatoms. The van der Waals surface area contributed by atoms with Crippen LogP contribution >= 0.6 is 0 Å². The summed E-state index contributed by atoms with van der Waals surface area (Å²) in [6.45, 7) is 4.42. The van der Waals surface area contributed by atoms with E-state index in [0.29, 0.717) is 35.5 Å².